The molecule has 4 nitrogen and oxygen atoms in total. The van der Waals surface area contributed by atoms with Crippen LogP contribution < -0.4 is 4.90 Å². The third-order valence-corrected chi connectivity index (χ3v) is 8.32. The fourth-order valence-corrected chi connectivity index (χ4v) is 6.50. The summed E-state index contributed by atoms with van der Waals surface area (Å²) in [6, 6.07) is 49.3. The topological polar surface area (TPSA) is 34.0 Å². The molecule has 0 amide bonds. The Kier molecular flexibility index (Phi) is 4.87. The lowest BCUT2D eigenvalue weighted by atomic mass is 9.94. The van der Waals surface area contributed by atoms with Crippen LogP contribution in [0.2, 0.25) is 0 Å². The monoisotopic (exact) mass is 536 g/mol. The molecule has 0 aliphatic carbocycles. The maximum Gasteiger partial charge on any atom is 0.145 e. The standard InChI is InChI=1S/C38H24N4/c1-3-11-25(12-4-1)38-40-32-18-9-19-34-37(32)42(38)33-21-20-27(24-35(33)41(34)28-14-5-2-6-15-28)31-23-26-13-7-8-16-29(26)36-30(31)17-10-22-39-36/h1-24H. The minimum Gasteiger partial charge on any atom is -0.306 e. The van der Waals surface area contributed by atoms with Crippen LogP contribution in [0.3, 0.4) is 0 Å². The first-order valence-corrected chi connectivity index (χ1v) is 14.2. The Morgan fingerprint density at radius 1 is 0.524 bits per heavy atom. The number of benzene rings is 6. The van der Waals surface area contributed by atoms with E-state index in [1.165, 1.54) is 16.3 Å². The van der Waals surface area contributed by atoms with Gasteiger partial charge in [-0.2, -0.15) is 0 Å². The predicted octanol–water partition coefficient (Wildman–Crippen LogP) is 9.84. The Morgan fingerprint density at radius 3 is 2.19 bits per heavy atom. The smallest absolute Gasteiger partial charge is 0.145 e. The van der Waals surface area contributed by atoms with E-state index in [4.69, 9.17) is 9.97 Å². The van der Waals surface area contributed by atoms with Gasteiger partial charge in [0.1, 0.15) is 5.82 Å². The lowest BCUT2D eigenvalue weighted by Crippen LogP contribution is -2.18. The zero-order valence-electron chi connectivity index (χ0n) is 22.6. The molecule has 9 rings (SSSR count). The summed E-state index contributed by atoms with van der Waals surface area (Å²) in [7, 11) is 0. The van der Waals surface area contributed by atoms with Crippen LogP contribution in [0.4, 0.5) is 17.1 Å². The number of aromatic nitrogens is 3. The van der Waals surface area contributed by atoms with Crippen LogP contribution in [-0.2, 0) is 0 Å². The van der Waals surface area contributed by atoms with Crippen molar-refractivity contribution in [2.75, 3.05) is 4.90 Å². The van der Waals surface area contributed by atoms with Crippen molar-refractivity contribution in [1.82, 2.24) is 14.5 Å². The van der Waals surface area contributed by atoms with E-state index in [-0.39, 0.29) is 0 Å². The van der Waals surface area contributed by atoms with Crippen LogP contribution in [0.1, 0.15) is 0 Å². The van der Waals surface area contributed by atoms with Crippen LogP contribution in [0.25, 0.3) is 60.9 Å². The largest absolute Gasteiger partial charge is 0.306 e. The van der Waals surface area contributed by atoms with Crippen LogP contribution in [-0.4, -0.2) is 14.5 Å². The molecule has 3 heterocycles. The molecule has 0 saturated heterocycles. The van der Waals surface area contributed by atoms with Gasteiger partial charge in [-0.05, 0) is 65.0 Å². The molecule has 42 heavy (non-hydrogen) atoms. The quantitative estimate of drug-likeness (QED) is 0.211. The number of fused-ring (bicyclic) bond motifs is 5. The Hall–Kier alpha value is -5.74. The second-order valence-electron chi connectivity index (χ2n) is 10.7. The lowest BCUT2D eigenvalue weighted by molar-refractivity contribution is 1.06. The van der Waals surface area contributed by atoms with Crippen molar-refractivity contribution in [3.8, 4) is 28.2 Å². The van der Waals surface area contributed by atoms with Gasteiger partial charge in [0, 0.05) is 28.2 Å². The normalized spacial score (nSPS) is 12.2. The minimum absolute atomic E-state index is 0.945. The molecule has 1 aliphatic heterocycles. The number of anilines is 3. The summed E-state index contributed by atoms with van der Waals surface area (Å²) < 4.78 is 2.33. The van der Waals surface area contributed by atoms with Gasteiger partial charge in [-0.15, -0.1) is 0 Å². The highest BCUT2D eigenvalue weighted by Gasteiger charge is 2.30. The molecule has 0 atom stereocenters. The van der Waals surface area contributed by atoms with Crippen molar-refractivity contribution < 1.29 is 0 Å². The van der Waals surface area contributed by atoms with Gasteiger partial charge in [0.05, 0.1) is 33.6 Å². The number of imidazole rings is 1. The van der Waals surface area contributed by atoms with E-state index in [9.17, 15) is 0 Å². The van der Waals surface area contributed by atoms with Crippen molar-refractivity contribution in [1.29, 1.82) is 0 Å². The first-order chi connectivity index (χ1) is 20.8. The fourth-order valence-electron chi connectivity index (χ4n) is 6.50. The molecular weight excluding hydrogens is 512 g/mol. The zero-order chi connectivity index (χ0) is 27.6. The molecule has 8 aromatic rings. The van der Waals surface area contributed by atoms with Crippen molar-refractivity contribution >= 4 is 49.8 Å². The average molecular weight is 537 g/mol. The lowest BCUT2D eigenvalue weighted by Gasteiger charge is -2.33. The highest BCUT2D eigenvalue weighted by Crippen LogP contribution is 2.49. The summed E-state index contributed by atoms with van der Waals surface area (Å²) in [6.07, 6.45) is 1.88. The van der Waals surface area contributed by atoms with Gasteiger partial charge in [-0.1, -0.05) is 91.0 Å². The van der Waals surface area contributed by atoms with Gasteiger partial charge in [0.15, 0.2) is 0 Å². The Bertz CT molecular complexity index is 2300. The average Bonchev–Trinajstić information content (AvgIpc) is 3.46. The first kappa shape index (κ1) is 23.0. The molecule has 0 unspecified atom stereocenters. The van der Waals surface area contributed by atoms with Crippen LogP contribution in [0, 0.1) is 0 Å². The molecule has 0 spiro atoms. The van der Waals surface area contributed by atoms with Gasteiger partial charge in [0.25, 0.3) is 0 Å². The summed E-state index contributed by atoms with van der Waals surface area (Å²) in [5.41, 5.74) is 11.0. The van der Waals surface area contributed by atoms with Crippen molar-refractivity contribution in [3.05, 3.63) is 146 Å². The van der Waals surface area contributed by atoms with Crippen molar-refractivity contribution in [3.63, 3.8) is 0 Å². The number of rotatable bonds is 3. The van der Waals surface area contributed by atoms with Crippen LogP contribution in [0.15, 0.2) is 146 Å². The molecule has 0 bridgehead atoms. The van der Waals surface area contributed by atoms with E-state index in [0.29, 0.717) is 0 Å². The van der Waals surface area contributed by atoms with Crippen molar-refractivity contribution in [2.24, 2.45) is 0 Å². The SMILES string of the molecule is c1ccc(-c2nc3cccc4c3n2-c2ccc(-c3cc5ccccc5c5ncccc35)cc2N4c2ccccc2)cc1. The molecule has 0 fully saturated rings. The van der Waals surface area contributed by atoms with E-state index in [2.05, 4.69) is 137 Å². The number of hydrogen-bond acceptors (Lipinski definition) is 3. The minimum atomic E-state index is 0.945. The molecule has 196 valence electrons. The maximum atomic E-state index is 5.17. The van der Waals surface area contributed by atoms with E-state index in [1.54, 1.807) is 0 Å². The Morgan fingerprint density at radius 2 is 1.31 bits per heavy atom. The molecule has 2 aromatic heterocycles. The van der Waals surface area contributed by atoms with E-state index < -0.39 is 0 Å². The number of nitrogens with zero attached hydrogens (tertiary/aromatic N) is 4. The zero-order valence-corrected chi connectivity index (χ0v) is 22.6. The van der Waals surface area contributed by atoms with Gasteiger partial charge < -0.3 is 4.90 Å². The molecular formula is C38H24N4. The maximum absolute atomic E-state index is 5.17. The Balaban J connectivity index is 1.37. The molecule has 0 N–H and O–H groups in total. The van der Waals surface area contributed by atoms with Crippen LogP contribution >= 0.6 is 0 Å². The summed E-state index contributed by atoms with van der Waals surface area (Å²) >= 11 is 0. The molecule has 4 heteroatoms. The second-order valence-corrected chi connectivity index (χ2v) is 10.7. The predicted molar refractivity (Wildman–Crippen MR) is 173 cm³/mol. The molecule has 1 aliphatic rings. The highest BCUT2D eigenvalue weighted by atomic mass is 15.2. The van der Waals surface area contributed by atoms with Gasteiger partial charge in [-0.3, -0.25) is 9.55 Å². The van der Waals surface area contributed by atoms with Crippen molar-refractivity contribution in [2.45, 2.75) is 0 Å². The van der Waals surface area contributed by atoms with E-state index >= 15 is 0 Å². The summed E-state index contributed by atoms with van der Waals surface area (Å²) in [4.78, 5) is 12.4. The third-order valence-electron chi connectivity index (χ3n) is 8.32. The third kappa shape index (κ3) is 3.29. The first-order valence-electron chi connectivity index (χ1n) is 14.2. The van der Waals surface area contributed by atoms with Gasteiger partial charge in [-0.25, -0.2) is 4.98 Å². The number of pyridine rings is 1. The fraction of sp³-hybridized carbons (Fsp3) is 0. The van der Waals surface area contributed by atoms with Gasteiger partial charge in [0.2, 0.25) is 0 Å². The Labute approximate surface area is 242 Å². The van der Waals surface area contributed by atoms with E-state index in [1.807, 2.05) is 18.3 Å². The molecule has 0 saturated carbocycles. The molecule has 6 aromatic carbocycles. The summed E-state index contributed by atoms with van der Waals surface area (Å²) in [5, 5.41) is 3.50. The highest BCUT2D eigenvalue weighted by molar-refractivity contribution is 6.12. The molecule has 0 radical (unpaired) electrons. The second kappa shape index (κ2) is 8.88. The van der Waals surface area contributed by atoms with E-state index in [0.717, 1.165) is 61.6 Å². The number of para-hydroxylation sites is 2. The summed E-state index contributed by atoms with van der Waals surface area (Å²) in [6.45, 7) is 0. The number of hydrogen-bond donors (Lipinski definition) is 0. The summed E-state index contributed by atoms with van der Waals surface area (Å²) in [5.74, 6) is 0.945. The van der Waals surface area contributed by atoms with Gasteiger partial charge >= 0.3 is 0 Å². The van der Waals surface area contributed by atoms with Crippen LogP contribution in [0.5, 0.6) is 0 Å².